The Morgan fingerprint density at radius 2 is 1.59 bits per heavy atom. The van der Waals surface area contributed by atoms with Gasteiger partial charge in [0.05, 0.1) is 11.4 Å². The van der Waals surface area contributed by atoms with Gasteiger partial charge < -0.3 is 16.4 Å². The third-order valence-corrected chi connectivity index (χ3v) is 5.08. The number of carbonyl (C=O) groups excluding carboxylic acids is 2. The SMILES string of the molecule is Nc1ccccc1NC(=O)c1ccc(/C=C(\C(=O)NC2CC2)c2ccc(F)c(F)c2)cc1. The van der Waals surface area contributed by atoms with Crippen molar-refractivity contribution in [2.24, 2.45) is 0 Å². The quantitative estimate of drug-likeness (QED) is 0.301. The van der Waals surface area contributed by atoms with Crippen molar-refractivity contribution in [1.82, 2.24) is 5.32 Å². The highest BCUT2D eigenvalue weighted by Crippen LogP contribution is 2.25. The van der Waals surface area contributed by atoms with Crippen LogP contribution in [-0.2, 0) is 4.79 Å². The van der Waals surface area contributed by atoms with Gasteiger partial charge in [-0.2, -0.15) is 0 Å². The van der Waals surface area contributed by atoms with Gasteiger partial charge in [0.1, 0.15) is 0 Å². The van der Waals surface area contributed by atoms with E-state index in [0.29, 0.717) is 22.5 Å². The smallest absolute Gasteiger partial charge is 0.255 e. The van der Waals surface area contributed by atoms with Crippen molar-refractivity contribution in [3.05, 3.63) is 95.1 Å². The predicted octanol–water partition coefficient (Wildman–Crippen LogP) is 4.62. The first kappa shape index (κ1) is 21.2. The molecule has 0 atom stereocenters. The first-order valence-corrected chi connectivity index (χ1v) is 10.1. The van der Waals surface area contributed by atoms with E-state index < -0.39 is 11.6 Å². The number of carbonyl (C=O) groups is 2. The van der Waals surface area contributed by atoms with Gasteiger partial charge in [-0.1, -0.05) is 30.3 Å². The summed E-state index contributed by atoms with van der Waals surface area (Å²) in [7, 11) is 0. The Morgan fingerprint density at radius 1 is 0.906 bits per heavy atom. The Hall–Kier alpha value is -4.00. The van der Waals surface area contributed by atoms with Crippen LogP contribution in [0.3, 0.4) is 0 Å². The molecule has 0 bridgehead atoms. The molecule has 162 valence electrons. The van der Waals surface area contributed by atoms with Gasteiger partial charge in [-0.15, -0.1) is 0 Å². The summed E-state index contributed by atoms with van der Waals surface area (Å²) in [5.74, 6) is -2.70. The summed E-state index contributed by atoms with van der Waals surface area (Å²) in [6, 6.07) is 17.0. The molecule has 5 nitrogen and oxygen atoms in total. The zero-order chi connectivity index (χ0) is 22.7. The molecule has 4 N–H and O–H groups in total. The third-order valence-electron chi connectivity index (χ3n) is 5.08. The molecule has 1 aliphatic carbocycles. The molecule has 0 saturated heterocycles. The molecule has 3 aromatic carbocycles. The molecule has 3 aromatic rings. The molecule has 32 heavy (non-hydrogen) atoms. The molecule has 2 amide bonds. The van der Waals surface area contributed by atoms with Gasteiger partial charge in [0, 0.05) is 17.2 Å². The minimum atomic E-state index is -1.03. The minimum absolute atomic E-state index is 0.104. The second-order valence-corrected chi connectivity index (χ2v) is 7.60. The zero-order valence-electron chi connectivity index (χ0n) is 17.1. The number of anilines is 2. The average Bonchev–Trinajstić information content (AvgIpc) is 3.60. The van der Waals surface area contributed by atoms with Crippen LogP contribution in [0.25, 0.3) is 11.6 Å². The minimum Gasteiger partial charge on any atom is -0.397 e. The molecular formula is C25H21F2N3O2. The fraction of sp³-hybridized carbons (Fsp3) is 0.120. The summed E-state index contributed by atoms with van der Waals surface area (Å²) in [6.45, 7) is 0. The molecule has 1 aliphatic rings. The molecule has 0 heterocycles. The van der Waals surface area contributed by atoms with Crippen LogP contribution < -0.4 is 16.4 Å². The molecule has 0 aliphatic heterocycles. The summed E-state index contributed by atoms with van der Waals surface area (Å²) in [5, 5.41) is 5.62. The van der Waals surface area contributed by atoms with Crippen molar-refractivity contribution < 1.29 is 18.4 Å². The number of para-hydroxylation sites is 2. The van der Waals surface area contributed by atoms with E-state index in [-0.39, 0.29) is 29.0 Å². The van der Waals surface area contributed by atoms with E-state index in [9.17, 15) is 18.4 Å². The largest absolute Gasteiger partial charge is 0.397 e. The Morgan fingerprint density at radius 3 is 2.25 bits per heavy atom. The van der Waals surface area contributed by atoms with Crippen LogP contribution in [0, 0.1) is 11.6 Å². The predicted molar refractivity (Wildman–Crippen MR) is 121 cm³/mol. The fourth-order valence-corrected chi connectivity index (χ4v) is 3.14. The second kappa shape index (κ2) is 9.01. The number of rotatable bonds is 6. The van der Waals surface area contributed by atoms with E-state index in [2.05, 4.69) is 10.6 Å². The lowest BCUT2D eigenvalue weighted by Crippen LogP contribution is -2.26. The molecule has 7 heteroatoms. The van der Waals surface area contributed by atoms with Crippen molar-refractivity contribution in [3.8, 4) is 0 Å². The Labute approximate surface area is 183 Å². The van der Waals surface area contributed by atoms with E-state index >= 15 is 0 Å². The second-order valence-electron chi connectivity index (χ2n) is 7.60. The standard InChI is InChI=1S/C25H21F2N3O2/c26-20-12-9-17(14-21(20)27)19(25(32)29-18-10-11-18)13-15-5-7-16(8-6-15)24(31)30-23-4-2-1-3-22(23)28/h1-9,12-14,18H,10-11,28H2,(H,29,32)(H,30,31)/b19-13-. The molecule has 0 aromatic heterocycles. The summed E-state index contributed by atoms with van der Waals surface area (Å²) >= 11 is 0. The normalized spacial score (nSPS) is 13.5. The molecule has 4 rings (SSSR count). The zero-order valence-corrected chi connectivity index (χ0v) is 17.1. The van der Waals surface area contributed by atoms with Gasteiger partial charge in [-0.25, -0.2) is 8.78 Å². The summed E-state index contributed by atoms with van der Waals surface area (Å²) in [4.78, 5) is 25.2. The van der Waals surface area contributed by atoms with Crippen LogP contribution in [0.5, 0.6) is 0 Å². The first-order valence-electron chi connectivity index (χ1n) is 10.1. The number of nitrogen functional groups attached to an aromatic ring is 1. The number of amides is 2. The molecule has 0 spiro atoms. The van der Waals surface area contributed by atoms with Gasteiger partial charge in [-0.05, 0) is 66.4 Å². The van der Waals surface area contributed by atoms with Gasteiger partial charge in [0.15, 0.2) is 11.6 Å². The number of nitrogens with one attached hydrogen (secondary N) is 2. The summed E-state index contributed by atoms with van der Waals surface area (Å²) in [6.07, 6.45) is 3.38. The van der Waals surface area contributed by atoms with Crippen molar-refractivity contribution in [1.29, 1.82) is 0 Å². The van der Waals surface area contributed by atoms with Gasteiger partial charge in [0.2, 0.25) is 0 Å². The van der Waals surface area contributed by atoms with Crippen LogP contribution in [0.1, 0.15) is 34.3 Å². The monoisotopic (exact) mass is 433 g/mol. The van der Waals surface area contributed by atoms with Gasteiger partial charge in [0.25, 0.3) is 11.8 Å². The number of benzene rings is 3. The number of hydrogen-bond acceptors (Lipinski definition) is 3. The van der Waals surface area contributed by atoms with Crippen LogP contribution in [0.15, 0.2) is 66.7 Å². The van der Waals surface area contributed by atoms with Gasteiger partial charge >= 0.3 is 0 Å². The van der Waals surface area contributed by atoms with Crippen LogP contribution in [0.2, 0.25) is 0 Å². The lowest BCUT2D eigenvalue weighted by Gasteiger charge is -2.10. The highest BCUT2D eigenvalue weighted by molar-refractivity contribution is 6.24. The molecule has 1 fully saturated rings. The van der Waals surface area contributed by atoms with Crippen LogP contribution in [-0.4, -0.2) is 17.9 Å². The fourth-order valence-electron chi connectivity index (χ4n) is 3.14. The van der Waals surface area contributed by atoms with Crippen LogP contribution in [0.4, 0.5) is 20.2 Å². The highest BCUT2D eigenvalue weighted by atomic mass is 19.2. The Bertz CT molecular complexity index is 1200. The molecule has 0 radical (unpaired) electrons. The Balaban J connectivity index is 1.58. The summed E-state index contributed by atoms with van der Waals surface area (Å²) in [5.41, 5.74) is 8.34. The van der Waals surface area contributed by atoms with E-state index in [1.807, 2.05) is 0 Å². The number of hydrogen-bond donors (Lipinski definition) is 3. The van der Waals surface area contributed by atoms with E-state index in [0.717, 1.165) is 25.0 Å². The molecule has 0 unspecified atom stereocenters. The highest BCUT2D eigenvalue weighted by Gasteiger charge is 2.25. The maximum absolute atomic E-state index is 13.8. The van der Waals surface area contributed by atoms with Crippen molar-refractivity contribution in [3.63, 3.8) is 0 Å². The number of halogens is 2. The average molecular weight is 433 g/mol. The van der Waals surface area contributed by atoms with Crippen LogP contribution >= 0.6 is 0 Å². The Kier molecular flexibility index (Phi) is 5.98. The van der Waals surface area contributed by atoms with E-state index in [1.54, 1.807) is 54.6 Å². The molecular weight excluding hydrogens is 412 g/mol. The van der Waals surface area contributed by atoms with E-state index in [4.69, 9.17) is 5.73 Å². The topological polar surface area (TPSA) is 84.2 Å². The van der Waals surface area contributed by atoms with Crippen molar-refractivity contribution in [2.45, 2.75) is 18.9 Å². The van der Waals surface area contributed by atoms with Crippen molar-refractivity contribution in [2.75, 3.05) is 11.1 Å². The number of nitrogens with two attached hydrogens (primary N) is 1. The molecule has 1 saturated carbocycles. The lowest BCUT2D eigenvalue weighted by atomic mass is 10.0. The van der Waals surface area contributed by atoms with Crippen molar-refractivity contribution >= 4 is 34.8 Å². The maximum Gasteiger partial charge on any atom is 0.255 e. The summed E-state index contributed by atoms with van der Waals surface area (Å²) < 4.78 is 27.1. The van der Waals surface area contributed by atoms with Gasteiger partial charge in [-0.3, -0.25) is 9.59 Å². The lowest BCUT2D eigenvalue weighted by molar-refractivity contribution is -0.115. The maximum atomic E-state index is 13.8. The van der Waals surface area contributed by atoms with E-state index in [1.165, 1.54) is 6.07 Å². The third kappa shape index (κ3) is 5.00. The first-order chi connectivity index (χ1) is 15.4.